The standard InChI is InChI=1S/C21H19N3OS/c1-14-10-11-15(2)24(14)18-17-9-6-12-22-21(17)26-19(18)20(25)23-13-16-7-4-3-5-8-16/h3-12H,13H2,1-2H3,(H,23,25). The van der Waals surface area contributed by atoms with Gasteiger partial charge in [-0.3, -0.25) is 4.79 Å². The molecular weight excluding hydrogens is 342 g/mol. The zero-order valence-corrected chi connectivity index (χ0v) is 15.5. The minimum absolute atomic E-state index is 0.0700. The van der Waals surface area contributed by atoms with Crippen LogP contribution in [-0.2, 0) is 6.54 Å². The number of fused-ring (bicyclic) bond motifs is 1. The first-order chi connectivity index (χ1) is 12.6. The predicted octanol–water partition coefficient (Wildman–Crippen LogP) is 4.63. The van der Waals surface area contributed by atoms with Crippen molar-refractivity contribution in [3.8, 4) is 5.69 Å². The van der Waals surface area contributed by atoms with Gasteiger partial charge in [-0.1, -0.05) is 30.3 Å². The number of nitrogens with one attached hydrogen (secondary N) is 1. The topological polar surface area (TPSA) is 46.9 Å². The highest BCUT2D eigenvalue weighted by Crippen LogP contribution is 2.34. The van der Waals surface area contributed by atoms with Crippen molar-refractivity contribution >= 4 is 27.5 Å². The van der Waals surface area contributed by atoms with E-state index in [1.807, 2.05) is 42.5 Å². The molecule has 0 saturated carbocycles. The van der Waals surface area contributed by atoms with E-state index < -0.39 is 0 Å². The van der Waals surface area contributed by atoms with Gasteiger partial charge in [0.1, 0.15) is 9.71 Å². The Hall–Kier alpha value is -2.92. The van der Waals surface area contributed by atoms with Crippen LogP contribution in [0.3, 0.4) is 0 Å². The molecule has 0 aliphatic heterocycles. The molecule has 3 heterocycles. The van der Waals surface area contributed by atoms with Crippen molar-refractivity contribution in [2.75, 3.05) is 0 Å². The van der Waals surface area contributed by atoms with Crippen LogP contribution in [0.4, 0.5) is 0 Å². The first kappa shape index (κ1) is 16.5. The lowest BCUT2D eigenvalue weighted by Crippen LogP contribution is -2.23. The summed E-state index contributed by atoms with van der Waals surface area (Å²) in [5.74, 6) is -0.0700. The summed E-state index contributed by atoms with van der Waals surface area (Å²) in [6.45, 7) is 4.61. The molecule has 1 aromatic carbocycles. The molecule has 3 aromatic heterocycles. The summed E-state index contributed by atoms with van der Waals surface area (Å²) in [5.41, 5.74) is 4.20. The number of aromatic nitrogens is 2. The van der Waals surface area contributed by atoms with E-state index in [1.165, 1.54) is 11.3 Å². The van der Waals surface area contributed by atoms with Crippen LogP contribution in [0.5, 0.6) is 0 Å². The van der Waals surface area contributed by atoms with Crippen molar-refractivity contribution in [3.05, 3.63) is 82.6 Å². The van der Waals surface area contributed by atoms with E-state index in [0.717, 1.165) is 32.9 Å². The summed E-state index contributed by atoms with van der Waals surface area (Å²) in [4.78, 5) is 19.0. The van der Waals surface area contributed by atoms with Crippen LogP contribution in [0.25, 0.3) is 15.9 Å². The first-order valence-electron chi connectivity index (χ1n) is 8.50. The second kappa shape index (κ2) is 6.77. The summed E-state index contributed by atoms with van der Waals surface area (Å²) < 4.78 is 2.14. The number of benzene rings is 1. The molecule has 130 valence electrons. The fourth-order valence-electron chi connectivity index (χ4n) is 3.18. The zero-order chi connectivity index (χ0) is 18.1. The van der Waals surface area contributed by atoms with E-state index in [4.69, 9.17) is 0 Å². The van der Waals surface area contributed by atoms with Gasteiger partial charge in [0, 0.05) is 29.5 Å². The van der Waals surface area contributed by atoms with Gasteiger partial charge in [0.15, 0.2) is 0 Å². The highest BCUT2D eigenvalue weighted by molar-refractivity contribution is 7.21. The van der Waals surface area contributed by atoms with Crippen LogP contribution in [0.15, 0.2) is 60.8 Å². The number of carbonyl (C=O) groups is 1. The maximum Gasteiger partial charge on any atom is 0.263 e. The largest absolute Gasteiger partial charge is 0.347 e. The van der Waals surface area contributed by atoms with Crippen LogP contribution in [-0.4, -0.2) is 15.5 Å². The normalized spacial score (nSPS) is 11.0. The zero-order valence-electron chi connectivity index (χ0n) is 14.7. The van der Waals surface area contributed by atoms with Crippen molar-refractivity contribution < 1.29 is 4.79 Å². The lowest BCUT2D eigenvalue weighted by atomic mass is 10.2. The first-order valence-corrected chi connectivity index (χ1v) is 9.32. The Morgan fingerprint density at radius 3 is 2.50 bits per heavy atom. The molecule has 4 rings (SSSR count). The van der Waals surface area contributed by atoms with Crippen LogP contribution < -0.4 is 5.32 Å². The molecule has 0 atom stereocenters. The van der Waals surface area contributed by atoms with Gasteiger partial charge in [0.25, 0.3) is 5.91 Å². The van der Waals surface area contributed by atoms with Crippen LogP contribution in [0.2, 0.25) is 0 Å². The average Bonchev–Trinajstić information content (AvgIpc) is 3.20. The van der Waals surface area contributed by atoms with Gasteiger partial charge in [-0.05, 0) is 43.7 Å². The second-order valence-electron chi connectivity index (χ2n) is 6.26. The highest BCUT2D eigenvalue weighted by atomic mass is 32.1. The van der Waals surface area contributed by atoms with E-state index in [-0.39, 0.29) is 5.91 Å². The monoisotopic (exact) mass is 361 g/mol. The maximum absolute atomic E-state index is 13.0. The fraction of sp³-hybridized carbons (Fsp3) is 0.143. The molecular formula is C21H19N3OS. The number of amides is 1. The average molecular weight is 361 g/mol. The van der Waals surface area contributed by atoms with Gasteiger partial charge in [-0.25, -0.2) is 4.98 Å². The Bertz CT molecular complexity index is 1060. The number of carbonyl (C=O) groups excluding carboxylic acids is 1. The Balaban J connectivity index is 1.77. The molecule has 0 unspecified atom stereocenters. The molecule has 5 heteroatoms. The Morgan fingerprint density at radius 2 is 1.77 bits per heavy atom. The summed E-state index contributed by atoms with van der Waals surface area (Å²) in [6.07, 6.45) is 1.77. The summed E-state index contributed by atoms with van der Waals surface area (Å²) in [6, 6.07) is 18.0. The molecule has 0 fully saturated rings. The van der Waals surface area contributed by atoms with Crippen molar-refractivity contribution in [2.24, 2.45) is 0 Å². The van der Waals surface area contributed by atoms with Gasteiger partial charge >= 0.3 is 0 Å². The van der Waals surface area contributed by atoms with Crippen molar-refractivity contribution in [3.63, 3.8) is 0 Å². The van der Waals surface area contributed by atoms with Gasteiger partial charge in [-0.2, -0.15) is 0 Å². The molecule has 0 aliphatic carbocycles. The quantitative estimate of drug-likeness (QED) is 0.576. The van der Waals surface area contributed by atoms with Crippen LogP contribution in [0.1, 0.15) is 26.6 Å². The molecule has 0 saturated heterocycles. The Labute approximate surface area is 156 Å². The van der Waals surface area contributed by atoms with Gasteiger partial charge in [-0.15, -0.1) is 11.3 Å². The van der Waals surface area contributed by atoms with Gasteiger partial charge in [0.2, 0.25) is 0 Å². The number of nitrogens with zero attached hydrogens (tertiary/aromatic N) is 2. The Kier molecular flexibility index (Phi) is 4.31. The highest BCUT2D eigenvalue weighted by Gasteiger charge is 2.22. The third-order valence-electron chi connectivity index (χ3n) is 4.44. The number of pyridine rings is 1. The smallest absolute Gasteiger partial charge is 0.263 e. The van der Waals surface area contributed by atoms with Crippen LogP contribution >= 0.6 is 11.3 Å². The van der Waals surface area contributed by atoms with E-state index in [9.17, 15) is 4.79 Å². The van der Waals surface area contributed by atoms with Crippen molar-refractivity contribution in [1.82, 2.24) is 14.9 Å². The minimum atomic E-state index is -0.0700. The van der Waals surface area contributed by atoms with Gasteiger partial charge < -0.3 is 9.88 Å². The molecule has 0 radical (unpaired) electrons. The maximum atomic E-state index is 13.0. The molecule has 0 aliphatic rings. The van der Waals surface area contributed by atoms with E-state index in [0.29, 0.717) is 11.4 Å². The lowest BCUT2D eigenvalue weighted by Gasteiger charge is -2.12. The van der Waals surface area contributed by atoms with E-state index in [2.05, 4.69) is 40.8 Å². The Morgan fingerprint density at radius 1 is 1.04 bits per heavy atom. The summed E-state index contributed by atoms with van der Waals surface area (Å²) >= 11 is 1.44. The third kappa shape index (κ3) is 2.91. The number of hydrogen-bond donors (Lipinski definition) is 1. The SMILES string of the molecule is Cc1ccc(C)n1-c1c(C(=O)NCc2ccccc2)sc2ncccc12. The molecule has 4 nitrogen and oxygen atoms in total. The minimum Gasteiger partial charge on any atom is -0.347 e. The summed E-state index contributed by atoms with van der Waals surface area (Å²) in [5, 5.41) is 4.05. The third-order valence-corrected chi connectivity index (χ3v) is 5.54. The number of hydrogen-bond acceptors (Lipinski definition) is 3. The number of thiophene rings is 1. The molecule has 0 spiro atoms. The van der Waals surface area contributed by atoms with Crippen molar-refractivity contribution in [1.29, 1.82) is 0 Å². The van der Waals surface area contributed by atoms with Gasteiger partial charge in [0.05, 0.1) is 5.69 Å². The van der Waals surface area contributed by atoms with Crippen molar-refractivity contribution in [2.45, 2.75) is 20.4 Å². The van der Waals surface area contributed by atoms with E-state index >= 15 is 0 Å². The number of aryl methyl sites for hydroxylation is 2. The van der Waals surface area contributed by atoms with Crippen LogP contribution in [0, 0.1) is 13.8 Å². The number of rotatable bonds is 4. The second-order valence-corrected chi connectivity index (χ2v) is 7.25. The predicted molar refractivity (Wildman–Crippen MR) is 106 cm³/mol. The molecule has 4 aromatic rings. The van der Waals surface area contributed by atoms with E-state index in [1.54, 1.807) is 6.20 Å². The molecule has 1 amide bonds. The fourth-order valence-corrected chi connectivity index (χ4v) is 4.22. The summed E-state index contributed by atoms with van der Waals surface area (Å²) in [7, 11) is 0. The molecule has 0 bridgehead atoms. The lowest BCUT2D eigenvalue weighted by molar-refractivity contribution is 0.0955. The molecule has 26 heavy (non-hydrogen) atoms. The molecule has 1 N–H and O–H groups in total.